The molecular formula is C17H27N3O. The highest BCUT2D eigenvalue weighted by Crippen LogP contribution is 2.30. The van der Waals surface area contributed by atoms with Gasteiger partial charge >= 0.3 is 0 Å². The van der Waals surface area contributed by atoms with Crippen LogP contribution >= 0.6 is 0 Å². The van der Waals surface area contributed by atoms with Gasteiger partial charge in [-0.05, 0) is 37.3 Å². The highest BCUT2D eigenvalue weighted by atomic mass is 16.2. The fourth-order valence-electron chi connectivity index (χ4n) is 2.40. The third-order valence-electron chi connectivity index (χ3n) is 3.82. The molecule has 1 heterocycles. The van der Waals surface area contributed by atoms with Gasteiger partial charge < -0.3 is 10.6 Å². The number of nitrogens with two attached hydrogens (primary N) is 1. The van der Waals surface area contributed by atoms with Crippen molar-refractivity contribution in [3.63, 3.8) is 0 Å². The van der Waals surface area contributed by atoms with Gasteiger partial charge in [0.05, 0.1) is 0 Å². The summed E-state index contributed by atoms with van der Waals surface area (Å²) in [4.78, 5) is 19.1. The third-order valence-corrected chi connectivity index (χ3v) is 3.82. The molecule has 4 heteroatoms. The molecule has 0 unspecified atom stereocenters. The highest BCUT2D eigenvalue weighted by Gasteiger charge is 2.27. The summed E-state index contributed by atoms with van der Waals surface area (Å²) in [6, 6.07) is 3.60. The normalized spacial score (nSPS) is 15.0. The van der Waals surface area contributed by atoms with Gasteiger partial charge in [0, 0.05) is 29.8 Å². The summed E-state index contributed by atoms with van der Waals surface area (Å²) in [6.07, 6.45) is 3.48. The molecule has 1 aliphatic rings. The Labute approximate surface area is 127 Å². The standard InChI is InChI=1S/C17H27N3O/c1-5-8-20(11-12-6-7-12)16(21)13-9-14(17(2,3)4)19-15(18)10-13/h9-10,12H,5-8,11H2,1-4H3,(H2,18,19). The zero-order valence-electron chi connectivity index (χ0n) is 13.6. The number of anilines is 1. The van der Waals surface area contributed by atoms with Gasteiger partial charge in [0.15, 0.2) is 0 Å². The van der Waals surface area contributed by atoms with Crippen LogP contribution in [0.3, 0.4) is 0 Å². The Kier molecular flexibility index (Phi) is 4.55. The van der Waals surface area contributed by atoms with E-state index in [1.807, 2.05) is 11.0 Å². The van der Waals surface area contributed by atoms with Crippen LogP contribution in [0.4, 0.5) is 5.82 Å². The maximum atomic E-state index is 12.8. The van der Waals surface area contributed by atoms with Crippen LogP contribution in [0.1, 0.15) is 63.0 Å². The van der Waals surface area contributed by atoms with Crippen molar-refractivity contribution in [2.45, 2.75) is 52.4 Å². The lowest BCUT2D eigenvalue weighted by Gasteiger charge is -2.24. The van der Waals surface area contributed by atoms with Crippen molar-refractivity contribution in [3.8, 4) is 0 Å². The molecule has 0 aliphatic heterocycles. The predicted octanol–water partition coefficient (Wildman–Crippen LogP) is 3.22. The maximum Gasteiger partial charge on any atom is 0.254 e. The second-order valence-corrected chi connectivity index (χ2v) is 7.11. The molecule has 1 aromatic heterocycles. The molecule has 4 nitrogen and oxygen atoms in total. The van der Waals surface area contributed by atoms with Crippen LogP contribution in [-0.4, -0.2) is 28.9 Å². The highest BCUT2D eigenvalue weighted by molar-refractivity contribution is 5.95. The summed E-state index contributed by atoms with van der Waals surface area (Å²) < 4.78 is 0. The van der Waals surface area contributed by atoms with Crippen molar-refractivity contribution in [2.24, 2.45) is 5.92 Å². The summed E-state index contributed by atoms with van der Waals surface area (Å²) in [6.45, 7) is 10.0. The number of nitrogen functional groups attached to an aromatic ring is 1. The first kappa shape index (κ1) is 15.8. The molecule has 0 radical (unpaired) electrons. The van der Waals surface area contributed by atoms with Gasteiger partial charge in [0.1, 0.15) is 5.82 Å². The summed E-state index contributed by atoms with van der Waals surface area (Å²) in [7, 11) is 0. The molecule has 1 aromatic rings. The van der Waals surface area contributed by atoms with Gasteiger partial charge in [-0.2, -0.15) is 0 Å². The average Bonchev–Trinajstić information content (AvgIpc) is 3.19. The van der Waals surface area contributed by atoms with Crippen LogP contribution in [0.25, 0.3) is 0 Å². The third kappa shape index (κ3) is 4.19. The number of nitrogens with zero attached hydrogens (tertiary/aromatic N) is 2. The zero-order chi connectivity index (χ0) is 15.6. The molecule has 1 amide bonds. The number of rotatable bonds is 5. The summed E-state index contributed by atoms with van der Waals surface area (Å²) >= 11 is 0. The number of hydrogen-bond donors (Lipinski definition) is 1. The van der Waals surface area contributed by atoms with E-state index in [0.29, 0.717) is 17.3 Å². The van der Waals surface area contributed by atoms with E-state index in [2.05, 4.69) is 32.7 Å². The number of aromatic nitrogens is 1. The Balaban J connectivity index is 2.25. The molecule has 1 saturated carbocycles. The van der Waals surface area contributed by atoms with Gasteiger partial charge in [-0.25, -0.2) is 4.98 Å². The smallest absolute Gasteiger partial charge is 0.254 e. The number of pyridine rings is 1. The number of hydrogen-bond acceptors (Lipinski definition) is 3. The molecule has 0 spiro atoms. The van der Waals surface area contributed by atoms with Crippen molar-refractivity contribution in [1.82, 2.24) is 9.88 Å². The van der Waals surface area contributed by atoms with Crippen LogP contribution in [0.15, 0.2) is 12.1 Å². The first-order valence-corrected chi connectivity index (χ1v) is 7.88. The van der Waals surface area contributed by atoms with E-state index in [-0.39, 0.29) is 11.3 Å². The lowest BCUT2D eigenvalue weighted by Crippen LogP contribution is -2.34. The molecule has 0 bridgehead atoms. The number of carbonyl (C=O) groups excluding carboxylic acids is 1. The predicted molar refractivity (Wildman–Crippen MR) is 86.3 cm³/mol. The Hall–Kier alpha value is -1.58. The van der Waals surface area contributed by atoms with Crippen molar-refractivity contribution in [3.05, 3.63) is 23.4 Å². The second kappa shape index (κ2) is 6.04. The number of amides is 1. The van der Waals surface area contributed by atoms with Crippen molar-refractivity contribution >= 4 is 11.7 Å². The fraction of sp³-hybridized carbons (Fsp3) is 0.647. The zero-order valence-corrected chi connectivity index (χ0v) is 13.6. The molecule has 1 fully saturated rings. The molecule has 1 aliphatic carbocycles. The van der Waals surface area contributed by atoms with Gasteiger partial charge in [0.25, 0.3) is 5.91 Å². The maximum absolute atomic E-state index is 12.8. The van der Waals surface area contributed by atoms with Crippen LogP contribution in [0.2, 0.25) is 0 Å². The van der Waals surface area contributed by atoms with E-state index in [9.17, 15) is 4.79 Å². The van der Waals surface area contributed by atoms with Gasteiger partial charge in [-0.15, -0.1) is 0 Å². The van der Waals surface area contributed by atoms with Crippen LogP contribution in [0, 0.1) is 5.92 Å². The molecule has 0 aromatic carbocycles. The summed E-state index contributed by atoms with van der Waals surface area (Å²) in [5.41, 5.74) is 7.32. The van der Waals surface area contributed by atoms with E-state index in [1.54, 1.807) is 6.07 Å². The van der Waals surface area contributed by atoms with Gasteiger partial charge in [-0.3, -0.25) is 4.79 Å². The van der Waals surface area contributed by atoms with E-state index >= 15 is 0 Å². The lowest BCUT2D eigenvalue weighted by atomic mass is 9.90. The van der Waals surface area contributed by atoms with Crippen LogP contribution < -0.4 is 5.73 Å². The molecule has 116 valence electrons. The largest absolute Gasteiger partial charge is 0.384 e. The summed E-state index contributed by atoms with van der Waals surface area (Å²) in [5, 5.41) is 0. The molecule has 21 heavy (non-hydrogen) atoms. The fourth-order valence-corrected chi connectivity index (χ4v) is 2.40. The minimum atomic E-state index is -0.115. The minimum absolute atomic E-state index is 0.0864. The average molecular weight is 289 g/mol. The van der Waals surface area contributed by atoms with E-state index < -0.39 is 0 Å². The number of carbonyl (C=O) groups is 1. The van der Waals surface area contributed by atoms with E-state index in [4.69, 9.17) is 5.73 Å². The Bertz CT molecular complexity index is 515. The topological polar surface area (TPSA) is 59.2 Å². The molecule has 2 rings (SSSR count). The molecule has 0 atom stereocenters. The SMILES string of the molecule is CCCN(CC1CC1)C(=O)c1cc(N)nc(C(C)(C)C)c1. The van der Waals surface area contributed by atoms with Crippen LogP contribution in [0.5, 0.6) is 0 Å². The first-order chi connectivity index (χ1) is 9.81. The van der Waals surface area contributed by atoms with Gasteiger partial charge in [0.2, 0.25) is 0 Å². The Morgan fingerprint density at radius 3 is 2.57 bits per heavy atom. The minimum Gasteiger partial charge on any atom is -0.384 e. The van der Waals surface area contributed by atoms with E-state index in [1.165, 1.54) is 12.8 Å². The molecule has 2 N–H and O–H groups in total. The first-order valence-electron chi connectivity index (χ1n) is 7.88. The summed E-state index contributed by atoms with van der Waals surface area (Å²) in [5.74, 6) is 1.21. The lowest BCUT2D eigenvalue weighted by molar-refractivity contribution is 0.0747. The van der Waals surface area contributed by atoms with Gasteiger partial charge in [-0.1, -0.05) is 27.7 Å². The van der Waals surface area contributed by atoms with Crippen molar-refractivity contribution < 1.29 is 4.79 Å². The quantitative estimate of drug-likeness (QED) is 0.905. The van der Waals surface area contributed by atoms with Crippen LogP contribution in [-0.2, 0) is 5.41 Å². The second-order valence-electron chi connectivity index (χ2n) is 7.11. The van der Waals surface area contributed by atoms with Crippen molar-refractivity contribution in [2.75, 3.05) is 18.8 Å². The van der Waals surface area contributed by atoms with E-state index in [0.717, 1.165) is 25.2 Å². The Morgan fingerprint density at radius 1 is 1.38 bits per heavy atom. The van der Waals surface area contributed by atoms with Crippen molar-refractivity contribution in [1.29, 1.82) is 0 Å². The monoisotopic (exact) mass is 289 g/mol. The Morgan fingerprint density at radius 2 is 2.05 bits per heavy atom. The molecular weight excluding hydrogens is 262 g/mol. The molecule has 0 saturated heterocycles.